The number of carbonyl (C=O) groups is 1. The number of benzene rings is 2. The van der Waals surface area contributed by atoms with Crippen molar-refractivity contribution in [2.45, 2.75) is 58.3 Å². The van der Waals surface area contributed by atoms with Gasteiger partial charge in [0.1, 0.15) is 0 Å². The molecule has 3 rings (SSSR count). The first-order chi connectivity index (χ1) is 17.2. The van der Waals surface area contributed by atoms with Gasteiger partial charge in [0.05, 0.1) is 25.4 Å². The highest BCUT2D eigenvalue weighted by atomic mass is 35.5. The topological polar surface area (TPSA) is 59.0 Å². The van der Waals surface area contributed by atoms with E-state index in [-0.39, 0.29) is 13.2 Å². The summed E-state index contributed by atoms with van der Waals surface area (Å²) >= 11 is 6.28. The summed E-state index contributed by atoms with van der Waals surface area (Å²) < 4.78 is 38.5. The number of hydrogen-bond donors (Lipinski definition) is 1. The molecule has 0 aromatic heterocycles. The molecule has 1 saturated heterocycles. The van der Waals surface area contributed by atoms with Crippen LogP contribution in [0, 0.1) is 18.6 Å². The van der Waals surface area contributed by atoms with Crippen molar-refractivity contribution in [1.82, 2.24) is 4.90 Å². The first-order valence-electron chi connectivity index (χ1n) is 12.3. The molecule has 1 N–H and O–H groups in total. The third-order valence-electron chi connectivity index (χ3n) is 6.44. The standard InChI is InChI=1S/C28H34ClF2NO4/c1-4-35-28(34)10-9-21-14-26(30)27(31)15-24(21)19(3)36-17-23(33)16-32-11-5-6-22(32)12-20-8-7-18(2)25(29)13-20/h7-10,13-15,19,22-23,33H,4-6,11-12,16-17H2,1-3H3/t19-,22+,23-/m1/s1. The fourth-order valence-corrected chi connectivity index (χ4v) is 4.70. The van der Waals surface area contributed by atoms with Crippen LogP contribution in [0.5, 0.6) is 0 Å². The van der Waals surface area contributed by atoms with Crippen LogP contribution >= 0.6 is 11.6 Å². The second-order valence-electron chi connectivity index (χ2n) is 9.19. The van der Waals surface area contributed by atoms with Crippen LogP contribution in [0.3, 0.4) is 0 Å². The highest BCUT2D eigenvalue weighted by Crippen LogP contribution is 2.27. The van der Waals surface area contributed by atoms with E-state index in [4.69, 9.17) is 21.1 Å². The maximum atomic E-state index is 14.0. The van der Waals surface area contributed by atoms with Crippen molar-refractivity contribution < 1.29 is 28.2 Å². The number of ether oxygens (including phenoxy) is 2. The van der Waals surface area contributed by atoms with Crippen LogP contribution in [0.25, 0.3) is 6.08 Å². The molecule has 1 fully saturated rings. The number of likely N-dealkylation sites (tertiary alicyclic amines) is 1. The van der Waals surface area contributed by atoms with Crippen LogP contribution < -0.4 is 0 Å². The van der Waals surface area contributed by atoms with Gasteiger partial charge in [0.2, 0.25) is 0 Å². The minimum atomic E-state index is -1.02. The van der Waals surface area contributed by atoms with E-state index in [1.165, 1.54) is 11.6 Å². The van der Waals surface area contributed by atoms with Gasteiger partial charge in [-0.15, -0.1) is 0 Å². The maximum Gasteiger partial charge on any atom is 0.330 e. The van der Waals surface area contributed by atoms with Gasteiger partial charge in [0.25, 0.3) is 0 Å². The quantitative estimate of drug-likeness (QED) is 0.306. The molecule has 0 radical (unpaired) electrons. The lowest BCUT2D eigenvalue weighted by molar-refractivity contribution is -0.137. The zero-order chi connectivity index (χ0) is 26.2. The number of aryl methyl sites for hydroxylation is 1. The zero-order valence-corrected chi connectivity index (χ0v) is 21.7. The summed E-state index contributed by atoms with van der Waals surface area (Å²) in [7, 11) is 0. The fourth-order valence-electron chi connectivity index (χ4n) is 4.49. The smallest absolute Gasteiger partial charge is 0.330 e. The first kappa shape index (κ1) is 28.3. The van der Waals surface area contributed by atoms with Crippen LogP contribution in [0.2, 0.25) is 5.02 Å². The molecule has 3 atom stereocenters. The van der Waals surface area contributed by atoms with Crippen LogP contribution in [0.15, 0.2) is 36.4 Å². The number of carbonyl (C=O) groups excluding carboxylic acids is 1. The predicted octanol–water partition coefficient (Wildman–Crippen LogP) is 5.65. The van der Waals surface area contributed by atoms with E-state index in [1.807, 2.05) is 19.1 Å². The number of β-amino-alcohol motifs (C(OH)–C–C–N with tert-alkyl or cyclic N) is 1. The Bertz CT molecular complexity index is 1080. The molecule has 1 aliphatic rings. The van der Waals surface area contributed by atoms with E-state index in [2.05, 4.69) is 11.0 Å². The number of halogens is 3. The van der Waals surface area contributed by atoms with Crippen molar-refractivity contribution in [3.63, 3.8) is 0 Å². The number of aliphatic hydroxyl groups is 1. The highest BCUT2D eigenvalue weighted by molar-refractivity contribution is 6.31. The highest BCUT2D eigenvalue weighted by Gasteiger charge is 2.27. The predicted molar refractivity (Wildman–Crippen MR) is 137 cm³/mol. The van der Waals surface area contributed by atoms with Crippen LogP contribution in [-0.4, -0.2) is 54.4 Å². The number of nitrogens with zero attached hydrogens (tertiary/aromatic N) is 1. The monoisotopic (exact) mass is 521 g/mol. The van der Waals surface area contributed by atoms with E-state index < -0.39 is 29.8 Å². The average Bonchev–Trinajstić information content (AvgIpc) is 3.26. The van der Waals surface area contributed by atoms with E-state index >= 15 is 0 Å². The molecule has 0 bridgehead atoms. The van der Waals surface area contributed by atoms with Gasteiger partial charge in [-0.3, -0.25) is 4.90 Å². The Balaban J connectivity index is 1.59. The third-order valence-corrected chi connectivity index (χ3v) is 6.85. The Kier molecular flexibility index (Phi) is 10.4. The van der Waals surface area contributed by atoms with Gasteiger partial charge in [0, 0.05) is 23.7 Å². The molecule has 5 nitrogen and oxygen atoms in total. The summed E-state index contributed by atoms with van der Waals surface area (Å²) in [5.41, 5.74) is 2.90. The van der Waals surface area contributed by atoms with Gasteiger partial charge in [-0.1, -0.05) is 23.7 Å². The van der Waals surface area contributed by atoms with Gasteiger partial charge in [-0.05, 0) is 93.1 Å². The number of hydrogen-bond acceptors (Lipinski definition) is 5. The van der Waals surface area contributed by atoms with E-state index in [0.29, 0.717) is 23.7 Å². The summed E-state index contributed by atoms with van der Waals surface area (Å²) in [6, 6.07) is 8.50. The van der Waals surface area contributed by atoms with Crippen LogP contribution in [-0.2, 0) is 20.7 Å². The summed E-state index contributed by atoms with van der Waals surface area (Å²) in [5.74, 6) is -2.61. The maximum absolute atomic E-state index is 14.0. The number of aliphatic hydroxyl groups excluding tert-OH is 1. The van der Waals surface area contributed by atoms with Crippen molar-refractivity contribution in [1.29, 1.82) is 0 Å². The fraction of sp³-hybridized carbons (Fsp3) is 0.464. The Morgan fingerprint density at radius 1 is 1.28 bits per heavy atom. The van der Waals surface area contributed by atoms with Crippen molar-refractivity contribution >= 4 is 23.6 Å². The molecule has 8 heteroatoms. The molecule has 2 aromatic rings. The number of rotatable bonds is 11. The average molecular weight is 522 g/mol. The third kappa shape index (κ3) is 7.84. The lowest BCUT2D eigenvalue weighted by Gasteiger charge is -2.27. The molecule has 2 aromatic carbocycles. The lowest BCUT2D eigenvalue weighted by Crippen LogP contribution is -2.39. The second kappa shape index (κ2) is 13.3. The Labute approximate surface area is 216 Å². The normalized spacial score (nSPS) is 18.0. The van der Waals surface area contributed by atoms with Gasteiger partial charge >= 0.3 is 5.97 Å². The van der Waals surface area contributed by atoms with E-state index in [1.54, 1.807) is 13.8 Å². The molecule has 0 unspecified atom stereocenters. The molecule has 1 heterocycles. The van der Waals surface area contributed by atoms with Crippen LogP contribution in [0.1, 0.15) is 55.0 Å². The van der Waals surface area contributed by atoms with E-state index in [9.17, 15) is 18.7 Å². The van der Waals surface area contributed by atoms with Gasteiger partial charge < -0.3 is 14.6 Å². The Morgan fingerprint density at radius 2 is 2.03 bits per heavy atom. The molecular formula is C28H34ClF2NO4. The van der Waals surface area contributed by atoms with Crippen molar-refractivity contribution in [3.05, 3.63) is 75.3 Å². The van der Waals surface area contributed by atoms with Crippen molar-refractivity contribution in [2.75, 3.05) is 26.3 Å². The van der Waals surface area contributed by atoms with Crippen molar-refractivity contribution in [3.8, 4) is 0 Å². The minimum absolute atomic E-state index is 0.0285. The van der Waals surface area contributed by atoms with Gasteiger partial charge in [0.15, 0.2) is 11.6 Å². The Morgan fingerprint density at radius 3 is 2.75 bits per heavy atom. The molecule has 0 spiro atoms. The molecule has 0 saturated carbocycles. The SMILES string of the molecule is CCOC(=O)C=Cc1cc(F)c(F)cc1[C@@H](C)OC[C@H](O)CN1CCC[C@H]1Cc1ccc(C)c(Cl)c1. The number of esters is 1. The molecule has 0 amide bonds. The van der Waals surface area contributed by atoms with E-state index in [0.717, 1.165) is 54.6 Å². The van der Waals surface area contributed by atoms with Crippen molar-refractivity contribution in [2.24, 2.45) is 0 Å². The Hall–Kier alpha value is -2.32. The zero-order valence-electron chi connectivity index (χ0n) is 21.0. The largest absolute Gasteiger partial charge is 0.463 e. The van der Waals surface area contributed by atoms with Crippen LogP contribution in [0.4, 0.5) is 8.78 Å². The minimum Gasteiger partial charge on any atom is -0.463 e. The van der Waals surface area contributed by atoms with Gasteiger partial charge in [-0.25, -0.2) is 13.6 Å². The summed E-state index contributed by atoms with van der Waals surface area (Å²) in [6.45, 7) is 6.93. The summed E-state index contributed by atoms with van der Waals surface area (Å²) in [5, 5.41) is 11.4. The molecule has 36 heavy (non-hydrogen) atoms. The van der Waals surface area contributed by atoms with Gasteiger partial charge in [-0.2, -0.15) is 0 Å². The first-order valence-corrected chi connectivity index (χ1v) is 12.7. The summed E-state index contributed by atoms with van der Waals surface area (Å²) in [4.78, 5) is 13.9. The lowest BCUT2D eigenvalue weighted by atomic mass is 10.0. The summed E-state index contributed by atoms with van der Waals surface area (Å²) in [6.07, 6.45) is 4.10. The molecule has 1 aliphatic heterocycles. The second-order valence-corrected chi connectivity index (χ2v) is 9.60. The molecule has 196 valence electrons. The molecule has 0 aliphatic carbocycles. The molecular weight excluding hydrogens is 488 g/mol.